The fraction of sp³-hybridized carbons (Fsp3) is 0.769. The van der Waals surface area contributed by atoms with Crippen LogP contribution in [0.2, 0.25) is 0 Å². The zero-order valence-corrected chi connectivity index (χ0v) is 12.8. The maximum Gasteiger partial charge on any atom is 0.246 e. The molecule has 0 aromatic carbocycles. The van der Waals surface area contributed by atoms with Gasteiger partial charge in [-0.25, -0.2) is 8.42 Å². The summed E-state index contributed by atoms with van der Waals surface area (Å²) in [7, 11) is -1.76. The van der Waals surface area contributed by atoms with Crippen LogP contribution in [0.1, 0.15) is 38.5 Å². The largest absolute Gasteiger partial charge is 0.329 e. The Balaban J connectivity index is 2.14. The average molecular weight is 300 g/mol. The summed E-state index contributed by atoms with van der Waals surface area (Å²) in [6.45, 7) is 0.974. The lowest BCUT2D eigenvalue weighted by Gasteiger charge is -2.25. The van der Waals surface area contributed by atoms with Crippen molar-refractivity contribution < 1.29 is 8.42 Å². The summed E-state index contributed by atoms with van der Waals surface area (Å²) in [5.74, 6) is 0. The first-order chi connectivity index (χ1) is 9.55. The molecule has 1 saturated carbocycles. The molecule has 0 saturated heterocycles. The maximum absolute atomic E-state index is 12.6. The molecule has 114 valence electrons. The van der Waals surface area contributed by atoms with Crippen LogP contribution >= 0.6 is 0 Å². The van der Waals surface area contributed by atoms with Gasteiger partial charge in [0.2, 0.25) is 10.0 Å². The molecular weight excluding hydrogens is 276 g/mol. The number of nitrogens with zero attached hydrogens (tertiary/aromatic N) is 3. The van der Waals surface area contributed by atoms with Crippen LogP contribution in [0.3, 0.4) is 0 Å². The zero-order valence-electron chi connectivity index (χ0n) is 12.0. The van der Waals surface area contributed by atoms with Gasteiger partial charge in [0.25, 0.3) is 0 Å². The molecule has 7 heteroatoms. The van der Waals surface area contributed by atoms with Gasteiger partial charge in [-0.3, -0.25) is 4.68 Å². The summed E-state index contributed by atoms with van der Waals surface area (Å²) in [6, 6.07) is 0.111. The van der Waals surface area contributed by atoms with E-state index in [2.05, 4.69) is 5.10 Å². The van der Waals surface area contributed by atoms with Crippen molar-refractivity contribution in [1.29, 1.82) is 0 Å². The van der Waals surface area contributed by atoms with Crippen LogP contribution < -0.4 is 5.73 Å². The molecular formula is C13H24N4O2S. The van der Waals surface area contributed by atoms with E-state index in [1.807, 2.05) is 0 Å². The lowest BCUT2D eigenvalue weighted by molar-refractivity contribution is 0.335. The minimum Gasteiger partial charge on any atom is -0.329 e. The molecule has 2 N–H and O–H groups in total. The van der Waals surface area contributed by atoms with Crippen LogP contribution in [-0.2, 0) is 16.6 Å². The Hall–Kier alpha value is -0.920. The maximum atomic E-state index is 12.6. The highest BCUT2D eigenvalue weighted by Gasteiger charge is 2.29. The Morgan fingerprint density at radius 3 is 2.60 bits per heavy atom. The van der Waals surface area contributed by atoms with Gasteiger partial charge in [-0.15, -0.1) is 0 Å². The van der Waals surface area contributed by atoms with Crippen molar-refractivity contribution in [3.63, 3.8) is 0 Å². The molecule has 0 atom stereocenters. The monoisotopic (exact) mass is 300 g/mol. The zero-order chi connectivity index (χ0) is 14.6. The average Bonchev–Trinajstić information content (AvgIpc) is 2.74. The molecule has 2 rings (SSSR count). The summed E-state index contributed by atoms with van der Waals surface area (Å²) in [4.78, 5) is 0.262. The fourth-order valence-electron chi connectivity index (χ4n) is 2.72. The second-order valence-corrected chi connectivity index (χ2v) is 7.39. The number of hydrogen-bond donors (Lipinski definition) is 1. The second kappa shape index (κ2) is 6.69. The summed E-state index contributed by atoms with van der Waals surface area (Å²) in [5.41, 5.74) is 5.45. The van der Waals surface area contributed by atoms with Crippen molar-refractivity contribution in [3.8, 4) is 0 Å². The van der Waals surface area contributed by atoms with E-state index in [0.717, 1.165) is 25.7 Å². The predicted molar refractivity (Wildman–Crippen MR) is 77.7 cm³/mol. The van der Waals surface area contributed by atoms with Crippen LogP contribution in [0.15, 0.2) is 17.3 Å². The van der Waals surface area contributed by atoms with Crippen LogP contribution in [-0.4, -0.2) is 42.1 Å². The van der Waals surface area contributed by atoms with Gasteiger partial charge < -0.3 is 5.73 Å². The highest BCUT2D eigenvalue weighted by Crippen LogP contribution is 2.25. The Kier molecular flexibility index (Phi) is 5.17. The normalized spacial score (nSPS) is 18.4. The molecule has 1 fully saturated rings. The lowest BCUT2D eigenvalue weighted by Crippen LogP contribution is -2.36. The fourth-order valence-corrected chi connectivity index (χ4v) is 4.09. The minimum atomic E-state index is -3.44. The quantitative estimate of drug-likeness (QED) is 0.828. The van der Waals surface area contributed by atoms with Gasteiger partial charge in [0.15, 0.2) is 0 Å². The van der Waals surface area contributed by atoms with Gasteiger partial charge in [0.1, 0.15) is 4.90 Å². The Labute approximate surface area is 121 Å². The van der Waals surface area contributed by atoms with E-state index in [4.69, 9.17) is 5.73 Å². The van der Waals surface area contributed by atoms with E-state index in [1.165, 1.54) is 23.3 Å². The standard InChI is InChI=1S/C13H24N4O2S/c1-16(12-6-4-2-3-5-7-12)20(18,19)13-10-15-17(11-13)9-8-14/h10-12H,2-9,14H2,1H3. The van der Waals surface area contributed by atoms with Gasteiger partial charge in [-0.2, -0.15) is 9.40 Å². The number of nitrogens with two attached hydrogens (primary N) is 1. The van der Waals surface area contributed by atoms with Crippen LogP contribution in [0.25, 0.3) is 0 Å². The van der Waals surface area contributed by atoms with Crippen molar-refractivity contribution in [1.82, 2.24) is 14.1 Å². The molecule has 0 aliphatic heterocycles. The van der Waals surface area contributed by atoms with Crippen LogP contribution in [0, 0.1) is 0 Å². The minimum absolute atomic E-state index is 0.111. The second-order valence-electron chi connectivity index (χ2n) is 5.39. The van der Waals surface area contributed by atoms with E-state index >= 15 is 0 Å². The van der Waals surface area contributed by atoms with E-state index in [1.54, 1.807) is 17.9 Å². The summed E-state index contributed by atoms with van der Waals surface area (Å²) in [5, 5.41) is 4.05. The van der Waals surface area contributed by atoms with Crippen molar-refractivity contribution in [3.05, 3.63) is 12.4 Å². The Morgan fingerprint density at radius 1 is 1.35 bits per heavy atom. The molecule has 1 aliphatic carbocycles. The topological polar surface area (TPSA) is 81.2 Å². The third-order valence-electron chi connectivity index (χ3n) is 3.98. The highest BCUT2D eigenvalue weighted by molar-refractivity contribution is 7.89. The Bertz CT molecular complexity index is 518. The molecule has 20 heavy (non-hydrogen) atoms. The first kappa shape index (κ1) is 15.5. The van der Waals surface area contributed by atoms with Gasteiger partial charge in [0, 0.05) is 25.8 Å². The predicted octanol–water partition coefficient (Wildman–Crippen LogP) is 1.19. The molecule has 0 amide bonds. The highest BCUT2D eigenvalue weighted by atomic mass is 32.2. The van der Waals surface area contributed by atoms with E-state index in [0.29, 0.717) is 13.1 Å². The first-order valence-electron chi connectivity index (χ1n) is 7.26. The van der Waals surface area contributed by atoms with Crippen molar-refractivity contribution >= 4 is 10.0 Å². The van der Waals surface area contributed by atoms with Crippen molar-refractivity contribution in [2.45, 2.75) is 56.0 Å². The SMILES string of the molecule is CN(C1CCCCCC1)S(=O)(=O)c1cnn(CCN)c1. The van der Waals surface area contributed by atoms with Crippen LogP contribution in [0.4, 0.5) is 0 Å². The molecule has 6 nitrogen and oxygen atoms in total. The third-order valence-corrected chi connectivity index (χ3v) is 5.85. The van der Waals surface area contributed by atoms with Gasteiger partial charge in [-0.05, 0) is 12.8 Å². The summed E-state index contributed by atoms with van der Waals surface area (Å²) >= 11 is 0. The van der Waals surface area contributed by atoms with E-state index < -0.39 is 10.0 Å². The third kappa shape index (κ3) is 3.39. The summed E-state index contributed by atoms with van der Waals surface area (Å²) < 4.78 is 28.3. The van der Waals surface area contributed by atoms with Crippen LogP contribution in [0.5, 0.6) is 0 Å². The molecule has 1 heterocycles. The van der Waals surface area contributed by atoms with Gasteiger partial charge in [-0.1, -0.05) is 25.7 Å². The molecule has 0 spiro atoms. The van der Waals surface area contributed by atoms with E-state index in [-0.39, 0.29) is 10.9 Å². The lowest BCUT2D eigenvalue weighted by atomic mass is 10.1. The summed E-state index contributed by atoms with van der Waals surface area (Å²) in [6.07, 6.45) is 9.51. The number of rotatable bonds is 5. The molecule has 1 aliphatic rings. The number of hydrogen-bond acceptors (Lipinski definition) is 4. The van der Waals surface area contributed by atoms with Crippen molar-refractivity contribution in [2.75, 3.05) is 13.6 Å². The molecule has 0 bridgehead atoms. The van der Waals surface area contributed by atoms with Gasteiger partial charge >= 0.3 is 0 Å². The van der Waals surface area contributed by atoms with Crippen molar-refractivity contribution in [2.24, 2.45) is 5.73 Å². The molecule has 0 unspecified atom stereocenters. The molecule has 0 radical (unpaired) electrons. The number of aromatic nitrogens is 2. The molecule has 1 aromatic rings. The number of sulfonamides is 1. The molecule has 1 aromatic heterocycles. The van der Waals surface area contributed by atoms with Gasteiger partial charge in [0.05, 0.1) is 12.7 Å². The first-order valence-corrected chi connectivity index (χ1v) is 8.70. The Morgan fingerprint density at radius 2 is 2.00 bits per heavy atom. The smallest absolute Gasteiger partial charge is 0.246 e. The van der Waals surface area contributed by atoms with E-state index in [9.17, 15) is 8.42 Å².